The van der Waals surface area contributed by atoms with E-state index < -0.39 is 29.8 Å². The van der Waals surface area contributed by atoms with Gasteiger partial charge in [0.1, 0.15) is 24.4 Å². The summed E-state index contributed by atoms with van der Waals surface area (Å²) in [6.07, 6.45) is 3.95. The van der Waals surface area contributed by atoms with Crippen LogP contribution < -0.4 is 20.7 Å². The second-order valence-electron chi connectivity index (χ2n) is 10.5. The van der Waals surface area contributed by atoms with E-state index in [0.717, 1.165) is 18.5 Å². The minimum absolute atomic E-state index is 0.145. The summed E-state index contributed by atoms with van der Waals surface area (Å²) in [6.45, 7) is 5.08. The van der Waals surface area contributed by atoms with E-state index >= 15 is 0 Å². The second-order valence-corrected chi connectivity index (χ2v) is 10.5. The lowest BCUT2D eigenvalue weighted by Crippen LogP contribution is -2.54. The Morgan fingerprint density at radius 3 is 2.69 bits per heavy atom. The number of amides is 4. The van der Waals surface area contributed by atoms with Gasteiger partial charge in [0.25, 0.3) is 5.91 Å². The molecule has 0 bridgehead atoms. The normalized spacial score (nSPS) is 22.2. The molecule has 0 radical (unpaired) electrons. The first-order chi connectivity index (χ1) is 18.8. The van der Waals surface area contributed by atoms with Gasteiger partial charge in [-0.05, 0) is 49.4 Å². The van der Waals surface area contributed by atoms with Gasteiger partial charge in [-0.15, -0.1) is 0 Å². The topological polar surface area (TPSA) is 130 Å². The van der Waals surface area contributed by atoms with Gasteiger partial charge in [0.15, 0.2) is 0 Å². The Kier molecular flexibility index (Phi) is 9.51. The number of ether oxygens (including phenoxy) is 1. The van der Waals surface area contributed by atoms with E-state index in [2.05, 4.69) is 20.9 Å². The number of pyridine rings is 1. The maximum Gasteiger partial charge on any atom is 0.255 e. The SMILES string of the molecule is CC(C)C[C@@H]1NC(=O)C[C@@H](C(=O)NCCc2ccccn2)NC(=O)c2ccccc2OC[C@H]2CCCN2C1=O. The first kappa shape index (κ1) is 28.1. The zero-order chi connectivity index (χ0) is 27.8. The summed E-state index contributed by atoms with van der Waals surface area (Å²) in [5.74, 6) is -1.10. The molecule has 0 aliphatic carbocycles. The van der Waals surface area contributed by atoms with Crippen LogP contribution in [-0.2, 0) is 20.8 Å². The fraction of sp³-hybridized carbons (Fsp3) is 0.483. The summed E-state index contributed by atoms with van der Waals surface area (Å²) in [7, 11) is 0. The van der Waals surface area contributed by atoms with Crippen LogP contribution in [0.15, 0.2) is 48.7 Å². The van der Waals surface area contributed by atoms with Crippen LogP contribution in [0, 0.1) is 5.92 Å². The monoisotopic (exact) mass is 535 g/mol. The molecule has 1 fully saturated rings. The number of aromatic nitrogens is 1. The van der Waals surface area contributed by atoms with Gasteiger partial charge in [0.05, 0.1) is 18.0 Å². The highest BCUT2D eigenvalue weighted by Gasteiger charge is 2.36. The van der Waals surface area contributed by atoms with Crippen molar-refractivity contribution >= 4 is 23.6 Å². The average molecular weight is 536 g/mol. The van der Waals surface area contributed by atoms with Crippen molar-refractivity contribution in [3.8, 4) is 5.75 Å². The Bertz CT molecular complexity index is 1170. The molecule has 3 N–H and O–H groups in total. The molecular formula is C29H37N5O5. The number of rotatable bonds is 6. The van der Waals surface area contributed by atoms with Crippen molar-refractivity contribution in [3.63, 3.8) is 0 Å². The molecule has 2 aliphatic rings. The van der Waals surface area contributed by atoms with Gasteiger partial charge in [0, 0.05) is 31.4 Å². The number of hydrogen-bond acceptors (Lipinski definition) is 6. The summed E-state index contributed by atoms with van der Waals surface area (Å²) in [4.78, 5) is 59.3. The molecule has 3 heterocycles. The molecule has 0 saturated carbocycles. The molecular weight excluding hydrogens is 498 g/mol. The van der Waals surface area contributed by atoms with Crippen LogP contribution in [0.5, 0.6) is 5.75 Å². The Hall–Kier alpha value is -3.95. The molecule has 4 amide bonds. The number of nitrogens with zero attached hydrogens (tertiary/aromatic N) is 2. The standard InChI is InChI=1S/C29H37N5O5/c1-19(2)16-24-29(38)34-15-7-9-21(34)18-39-25-11-4-3-10-22(25)27(36)33-23(17-26(35)32-24)28(37)31-14-12-20-8-5-6-13-30-20/h3-6,8,10-11,13,19,21,23-24H,7,9,12,14-18H2,1-2H3,(H,31,37)(H,32,35)(H,33,36)/t21-,23+,24+/m1/s1. The van der Waals surface area contributed by atoms with Gasteiger partial charge in [0.2, 0.25) is 17.7 Å². The molecule has 2 aromatic rings. The number of benzene rings is 1. The molecule has 3 atom stereocenters. The quantitative estimate of drug-likeness (QED) is 0.518. The fourth-order valence-corrected chi connectivity index (χ4v) is 5.03. The van der Waals surface area contributed by atoms with Crippen LogP contribution in [-0.4, -0.2) is 71.3 Å². The average Bonchev–Trinajstić information content (AvgIpc) is 3.39. The van der Waals surface area contributed by atoms with Crippen LogP contribution in [0.25, 0.3) is 0 Å². The van der Waals surface area contributed by atoms with Gasteiger partial charge in [-0.1, -0.05) is 32.0 Å². The minimum atomic E-state index is -1.15. The first-order valence-corrected chi connectivity index (χ1v) is 13.6. The van der Waals surface area contributed by atoms with Gasteiger partial charge >= 0.3 is 0 Å². The van der Waals surface area contributed by atoms with Crippen molar-refractivity contribution in [1.29, 1.82) is 0 Å². The Morgan fingerprint density at radius 2 is 1.92 bits per heavy atom. The lowest BCUT2D eigenvalue weighted by molar-refractivity contribution is -0.138. The molecule has 1 aromatic heterocycles. The third kappa shape index (κ3) is 7.55. The van der Waals surface area contributed by atoms with Crippen molar-refractivity contribution in [1.82, 2.24) is 25.8 Å². The van der Waals surface area contributed by atoms with E-state index in [1.165, 1.54) is 0 Å². The predicted molar refractivity (Wildman–Crippen MR) is 145 cm³/mol. The van der Waals surface area contributed by atoms with Gasteiger partial charge in [-0.25, -0.2) is 0 Å². The number of carbonyl (C=O) groups excluding carboxylic acids is 4. The number of hydrogen-bond donors (Lipinski definition) is 3. The molecule has 1 saturated heterocycles. The number of fused-ring (bicyclic) bond motifs is 2. The van der Waals surface area contributed by atoms with E-state index in [4.69, 9.17) is 4.74 Å². The number of para-hydroxylation sites is 1. The number of nitrogens with one attached hydrogen (secondary N) is 3. The third-order valence-electron chi connectivity index (χ3n) is 6.98. The molecule has 39 heavy (non-hydrogen) atoms. The first-order valence-electron chi connectivity index (χ1n) is 13.6. The predicted octanol–water partition coefficient (Wildman–Crippen LogP) is 1.84. The zero-order valence-electron chi connectivity index (χ0n) is 22.5. The van der Waals surface area contributed by atoms with E-state index in [9.17, 15) is 19.2 Å². The number of carbonyl (C=O) groups is 4. The van der Waals surface area contributed by atoms with Crippen molar-refractivity contribution in [2.45, 2.75) is 64.1 Å². The van der Waals surface area contributed by atoms with Crippen molar-refractivity contribution in [2.24, 2.45) is 5.92 Å². The van der Waals surface area contributed by atoms with Crippen molar-refractivity contribution in [3.05, 3.63) is 59.9 Å². The highest BCUT2D eigenvalue weighted by atomic mass is 16.5. The van der Waals surface area contributed by atoms with Crippen LogP contribution in [0.1, 0.15) is 55.6 Å². The molecule has 1 aromatic carbocycles. The van der Waals surface area contributed by atoms with Gasteiger partial charge < -0.3 is 25.6 Å². The fourth-order valence-electron chi connectivity index (χ4n) is 5.03. The summed E-state index contributed by atoms with van der Waals surface area (Å²) in [5.41, 5.74) is 1.07. The Morgan fingerprint density at radius 1 is 1.13 bits per heavy atom. The Labute approximate surface area is 228 Å². The maximum absolute atomic E-state index is 13.6. The van der Waals surface area contributed by atoms with Crippen LogP contribution in [0.4, 0.5) is 0 Å². The summed E-state index contributed by atoms with van der Waals surface area (Å²) >= 11 is 0. The Balaban J connectivity index is 1.57. The largest absolute Gasteiger partial charge is 0.491 e. The van der Waals surface area contributed by atoms with E-state index in [0.29, 0.717) is 25.1 Å². The zero-order valence-corrected chi connectivity index (χ0v) is 22.5. The molecule has 10 heteroatoms. The smallest absolute Gasteiger partial charge is 0.255 e. The minimum Gasteiger partial charge on any atom is -0.491 e. The molecule has 0 unspecified atom stereocenters. The lowest BCUT2D eigenvalue weighted by Gasteiger charge is -2.31. The summed E-state index contributed by atoms with van der Waals surface area (Å²) in [6, 6.07) is 10.3. The van der Waals surface area contributed by atoms with Gasteiger partial charge in [-0.3, -0.25) is 24.2 Å². The second kappa shape index (κ2) is 13.2. The summed E-state index contributed by atoms with van der Waals surface area (Å²) < 4.78 is 6.06. The van der Waals surface area contributed by atoms with Crippen molar-refractivity contribution in [2.75, 3.05) is 19.7 Å². The van der Waals surface area contributed by atoms with Crippen LogP contribution >= 0.6 is 0 Å². The molecule has 4 rings (SSSR count). The van der Waals surface area contributed by atoms with Gasteiger partial charge in [-0.2, -0.15) is 0 Å². The van der Waals surface area contributed by atoms with E-state index in [-0.39, 0.29) is 43.0 Å². The molecule has 208 valence electrons. The lowest BCUT2D eigenvalue weighted by atomic mass is 10.0. The highest BCUT2D eigenvalue weighted by Crippen LogP contribution is 2.24. The molecule has 2 aliphatic heterocycles. The molecule has 10 nitrogen and oxygen atoms in total. The van der Waals surface area contributed by atoms with E-state index in [1.54, 1.807) is 35.4 Å². The van der Waals surface area contributed by atoms with E-state index in [1.807, 2.05) is 32.0 Å². The van der Waals surface area contributed by atoms with Crippen LogP contribution in [0.3, 0.4) is 0 Å². The highest BCUT2D eigenvalue weighted by molar-refractivity contribution is 6.01. The van der Waals surface area contributed by atoms with Crippen molar-refractivity contribution < 1.29 is 23.9 Å². The maximum atomic E-state index is 13.6. The summed E-state index contributed by atoms with van der Waals surface area (Å²) in [5, 5.41) is 8.37. The molecule has 0 spiro atoms. The third-order valence-corrected chi connectivity index (χ3v) is 6.98. The van der Waals surface area contributed by atoms with Crippen LogP contribution in [0.2, 0.25) is 0 Å².